The second-order valence-corrected chi connectivity index (χ2v) is 5.25. The molecular formula is C15H14ClN3. The topological polar surface area (TPSA) is 54.7 Å². The average molecular weight is 272 g/mol. The van der Waals surface area contributed by atoms with Gasteiger partial charge in [-0.3, -0.25) is 0 Å². The molecule has 0 radical (unpaired) electrons. The molecule has 3 aromatic rings. The third-order valence-corrected chi connectivity index (χ3v) is 3.54. The molecule has 0 amide bonds. The zero-order chi connectivity index (χ0) is 13.5. The SMILES string of the molecule is CC(N)(c1ccccc1)c1nc2ccc(Cl)cc2[nH]1. The Balaban J connectivity index is 2.13. The van der Waals surface area contributed by atoms with E-state index >= 15 is 0 Å². The Bertz CT molecular complexity index is 717. The maximum absolute atomic E-state index is 6.43. The third kappa shape index (κ3) is 2.11. The van der Waals surface area contributed by atoms with Gasteiger partial charge in [0, 0.05) is 5.02 Å². The Hall–Kier alpha value is -1.84. The number of hydrogen-bond acceptors (Lipinski definition) is 2. The third-order valence-electron chi connectivity index (χ3n) is 3.31. The molecule has 0 saturated heterocycles. The van der Waals surface area contributed by atoms with E-state index in [2.05, 4.69) is 9.97 Å². The van der Waals surface area contributed by atoms with E-state index in [1.165, 1.54) is 0 Å². The lowest BCUT2D eigenvalue weighted by Crippen LogP contribution is -2.35. The van der Waals surface area contributed by atoms with E-state index < -0.39 is 5.54 Å². The summed E-state index contributed by atoms with van der Waals surface area (Å²) in [5.41, 5.74) is 8.55. The first-order chi connectivity index (χ1) is 9.07. The number of halogens is 1. The molecule has 19 heavy (non-hydrogen) atoms. The van der Waals surface area contributed by atoms with Gasteiger partial charge in [0.15, 0.2) is 0 Å². The molecule has 1 atom stereocenters. The smallest absolute Gasteiger partial charge is 0.131 e. The zero-order valence-electron chi connectivity index (χ0n) is 10.5. The van der Waals surface area contributed by atoms with Gasteiger partial charge in [-0.15, -0.1) is 0 Å². The Morgan fingerprint density at radius 2 is 1.89 bits per heavy atom. The van der Waals surface area contributed by atoms with Gasteiger partial charge in [0.25, 0.3) is 0 Å². The fourth-order valence-electron chi connectivity index (χ4n) is 2.15. The molecule has 3 rings (SSSR count). The van der Waals surface area contributed by atoms with Crippen LogP contribution >= 0.6 is 11.6 Å². The van der Waals surface area contributed by atoms with Crippen LogP contribution in [0.15, 0.2) is 48.5 Å². The summed E-state index contributed by atoms with van der Waals surface area (Å²) in [6.45, 7) is 1.95. The molecular weight excluding hydrogens is 258 g/mol. The van der Waals surface area contributed by atoms with Gasteiger partial charge >= 0.3 is 0 Å². The number of nitrogens with zero attached hydrogens (tertiary/aromatic N) is 1. The predicted octanol–water partition coefficient (Wildman–Crippen LogP) is 3.44. The van der Waals surface area contributed by atoms with Crippen molar-refractivity contribution in [2.24, 2.45) is 5.73 Å². The fraction of sp³-hybridized carbons (Fsp3) is 0.133. The molecule has 0 spiro atoms. The number of aromatic nitrogens is 2. The Morgan fingerprint density at radius 1 is 1.16 bits per heavy atom. The molecule has 4 heteroatoms. The van der Waals surface area contributed by atoms with Gasteiger partial charge < -0.3 is 10.7 Å². The summed E-state index contributed by atoms with van der Waals surface area (Å²) in [7, 11) is 0. The monoisotopic (exact) mass is 271 g/mol. The number of nitrogens with one attached hydrogen (secondary N) is 1. The van der Waals surface area contributed by atoms with Crippen molar-refractivity contribution in [1.82, 2.24) is 9.97 Å². The standard InChI is InChI=1S/C15H14ClN3/c1-15(17,10-5-3-2-4-6-10)14-18-12-8-7-11(16)9-13(12)19-14/h2-9H,17H2,1H3,(H,18,19). The lowest BCUT2D eigenvalue weighted by molar-refractivity contribution is 0.567. The molecule has 1 aromatic heterocycles. The number of rotatable bonds is 2. The van der Waals surface area contributed by atoms with Crippen molar-refractivity contribution in [3.8, 4) is 0 Å². The molecule has 0 aliphatic heterocycles. The molecule has 2 aromatic carbocycles. The summed E-state index contributed by atoms with van der Waals surface area (Å²) < 4.78 is 0. The van der Waals surface area contributed by atoms with Crippen LogP contribution in [0.1, 0.15) is 18.3 Å². The number of aromatic amines is 1. The van der Waals surface area contributed by atoms with Gasteiger partial charge in [-0.25, -0.2) is 4.98 Å². The van der Waals surface area contributed by atoms with Gasteiger partial charge in [-0.05, 0) is 30.7 Å². The van der Waals surface area contributed by atoms with Crippen LogP contribution in [-0.4, -0.2) is 9.97 Å². The van der Waals surface area contributed by atoms with E-state index in [0.717, 1.165) is 22.4 Å². The van der Waals surface area contributed by atoms with Crippen LogP contribution in [0.25, 0.3) is 11.0 Å². The first-order valence-corrected chi connectivity index (χ1v) is 6.45. The minimum absolute atomic E-state index is 0.660. The van der Waals surface area contributed by atoms with Crippen LogP contribution in [-0.2, 0) is 5.54 Å². The van der Waals surface area contributed by atoms with Crippen LogP contribution in [0.2, 0.25) is 5.02 Å². The summed E-state index contributed by atoms with van der Waals surface area (Å²) in [4.78, 5) is 7.82. The van der Waals surface area contributed by atoms with Gasteiger partial charge in [0.1, 0.15) is 5.82 Å². The summed E-state index contributed by atoms with van der Waals surface area (Å²) in [6.07, 6.45) is 0. The molecule has 0 saturated carbocycles. The van der Waals surface area contributed by atoms with Crippen molar-refractivity contribution in [3.63, 3.8) is 0 Å². The number of nitrogens with two attached hydrogens (primary N) is 1. The molecule has 0 fully saturated rings. The van der Waals surface area contributed by atoms with Gasteiger partial charge in [-0.1, -0.05) is 41.9 Å². The highest BCUT2D eigenvalue weighted by Gasteiger charge is 2.27. The maximum Gasteiger partial charge on any atom is 0.131 e. The quantitative estimate of drug-likeness (QED) is 0.750. The van der Waals surface area contributed by atoms with Gasteiger partial charge in [0.2, 0.25) is 0 Å². The van der Waals surface area contributed by atoms with Gasteiger partial charge in [-0.2, -0.15) is 0 Å². The molecule has 0 bridgehead atoms. The first-order valence-electron chi connectivity index (χ1n) is 6.07. The highest BCUT2D eigenvalue weighted by atomic mass is 35.5. The molecule has 1 unspecified atom stereocenters. The van der Waals surface area contributed by atoms with Crippen molar-refractivity contribution in [3.05, 3.63) is 64.9 Å². The number of hydrogen-bond donors (Lipinski definition) is 2. The Kier molecular flexibility index (Phi) is 2.81. The number of benzene rings is 2. The highest BCUT2D eigenvalue weighted by Crippen LogP contribution is 2.27. The Morgan fingerprint density at radius 3 is 2.63 bits per heavy atom. The van der Waals surface area contributed by atoms with Crippen LogP contribution in [0.3, 0.4) is 0 Å². The number of fused-ring (bicyclic) bond motifs is 1. The summed E-state index contributed by atoms with van der Waals surface area (Å²) in [5, 5.41) is 0.682. The van der Waals surface area contributed by atoms with E-state index in [9.17, 15) is 0 Å². The average Bonchev–Trinajstić information content (AvgIpc) is 2.83. The van der Waals surface area contributed by atoms with E-state index in [4.69, 9.17) is 17.3 Å². The summed E-state index contributed by atoms with van der Waals surface area (Å²) >= 11 is 5.98. The number of imidazole rings is 1. The largest absolute Gasteiger partial charge is 0.340 e. The van der Waals surface area contributed by atoms with Crippen LogP contribution < -0.4 is 5.73 Å². The second kappa shape index (κ2) is 4.37. The van der Waals surface area contributed by atoms with E-state index in [1.807, 2.05) is 55.5 Å². The second-order valence-electron chi connectivity index (χ2n) is 4.82. The fourth-order valence-corrected chi connectivity index (χ4v) is 2.32. The van der Waals surface area contributed by atoms with Crippen LogP contribution in [0, 0.1) is 0 Å². The molecule has 96 valence electrons. The predicted molar refractivity (Wildman–Crippen MR) is 78.2 cm³/mol. The first kappa shape index (κ1) is 12.2. The van der Waals surface area contributed by atoms with E-state index in [0.29, 0.717) is 5.02 Å². The molecule has 0 aliphatic rings. The van der Waals surface area contributed by atoms with E-state index in [-0.39, 0.29) is 0 Å². The summed E-state index contributed by atoms with van der Waals surface area (Å²) in [5.74, 6) is 0.732. The minimum atomic E-state index is -0.660. The normalized spacial score (nSPS) is 14.5. The van der Waals surface area contributed by atoms with Crippen molar-refractivity contribution in [1.29, 1.82) is 0 Å². The number of H-pyrrole nitrogens is 1. The van der Waals surface area contributed by atoms with Crippen molar-refractivity contribution in [2.45, 2.75) is 12.5 Å². The molecule has 1 heterocycles. The Labute approximate surface area is 116 Å². The summed E-state index contributed by atoms with van der Waals surface area (Å²) in [6, 6.07) is 15.5. The van der Waals surface area contributed by atoms with Crippen LogP contribution in [0.5, 0.6) is 0 Å². The lowest BCUT2D eigenvalue weighted by atomic mass is 9.92. The van der Waals surface area contributed by atoms with Crippen molar-refractivity contribution in [2.75, 3.05) is 0 Å². The van der Waals surface area contributed by atoms with Gasteiger partial charge in [0.05, 0.1) is 16.6 Å². The highest BCUT2D eigenvalue weighted by molar-refractivity contribution is 6.31. The lowest BCUT2D eigenvalue weighted by Gasteiger charge is -2.22. The zero-order valence-corrected chi connectivity index (χ0v) is 11.3. The molecule has 3 nitrogen and oxygen atoms in total. The molecule has 0 aliphatic carbocycles. The van der Waals surface area contributed by atoms with Crippen molar-refractivity contribution >= 4 is 22.6 Å². The van der Waals surface area contributed by atoms with Crippen molar-refractivity contribution < 1.29 is 0 Å². The minimum Gasteiger partial charge on any atom is -0.340 e. The van der Waals surface area contributed by atoms with Crippen LogP contribution in [0.4, 0.5) is 0 Å². The maximum atomic E-state index is 6.43. The molecule has 3 N–H and O–H groups in total. The van der Waals surface area contributed by atoms with E-state index in [1.54, 1.807) is 0 Å².